The van der Waals surface area contributed by atoms with Gasteiger partial charge in [0.2, 0.25) is 0 Å². The van der Waals surface area contributed by atoms with Crippen molar-refractivity contribution in [1.29, 1.82) is 0 Å². The van der Waals surface area contributed by atoms with E-state index in [0.29, 0.717) is 0 Å². The van der Waals surface area contributed by atoms with Gasteiger partial charge in [0.15, 0.2) is 5.96 Å². The first-order chi connectivity index (χ1) is 14.3. The average Bonchev–Trinajstić information content (AvgIpc) is 2.76. The molecule has 2 aromatic carbocycles. The van der Waals surface area contributed by atoms with Crippen LogP contribution < -0.4 is 15.5 Å². The van der Waals surface area contributed by atoms with Gasteiger partial charge in [-0.05, 0) is 30.0 Å². The number of nitrogens with zero attached hydrogens (tertiary/aromatic N) is 2. The number of hydrogen-bond donors (Lipinski definition) is 2. The van der Waals surface area contributed by atoms with E-state index >= 15 is 0 Å². The molecule has 1 aliphatic carbocycles. The highest BCUT2D eigenvalue weighted by molar-refractivity contribution is 5.80. The van der Waals surface area contributed by atoms with Gasteiger partial charge in [0, 0.05) is 44.3 Å². The number of guanidine groups is 1. The van der Waals surface area contributed by atoms with E-state index in [-0.39, 0.29) is 5.41 Å². The van der Waals surface area contributed by atoms with Crippen LogP contribution in [0.4, 0.5) is 5.69 Å². The fourth-order valence-corrected chi connectivity index (χ4v) is 4.39. The maximum Gasteiger partial charge on any atom is 0.191 e. The summed E-state index contributed by atoms with van der Waals surface area (Å²) in [5, 5.41) is 7.10. The molecule has 1 heterocycles. The van der Waals surface area contributed by atoms with Crippen molar-refractivity contribution < 1.29 is 4.74 Å². The zero-order chi connectivity index (χ0) is 19.9. The minimum Gasteiger partial charge on any atom is -0.378 e. The van der Waals surface area contributed by atoms with Crippen molar-refractivity contribution in [2.45, 2.75) is 31.2 Å². The van der Waals surface area contributed by atoms with Crippen LogP contribution in [0, 0.1) is 0 Å². The van der Waals surface area contributed by atoms with E-state index in [4.69, 9.17) is 4.74 Å². The Balaban J connectivity index is 1.37. The summed E-state index contributed by atoms with van der Waals surface area (Å²) in [5.41, 5.74) is 4.26. The van der Waals surface area contributed by atoms with E-state index in [9.17, 15) is 0 Å². The smallest absolute Gasteiger partial charge is 0.191 e. The zero-order valence-corrected chi connectivity index (χ0v) is 17.4. The number of aliphatic imine (C=N–C) groups is 1. The second kappa shape index (κ2) is 9.31. The maximum absolute atomic E-state index is 5.51. The van der Waals surface area contributed by atoms with Crippen molar-refractivity contribution in [2.75, 3.05) is 44.8 Å². The minimum atomic E-state index is 0.241. The molecule has 4 rings (SSSR count). The van der Waals surface area contributed by atoms with E-state index in [0.717, 1.165) is 45.4 Å². The molecule has 1 saturated carbocycles. The second-order valence-corrected chi connectivity index (χ2v) is 8.01. The van der Waals surface area contributed by atoms with Gasteiger partial charge >= 0.3 is 0 Å². The number of nitrogens with one attached hydrogen (secondary N) is 2. The van der Waals surface area contributed by atoms with Gasteiger partial charge < -0.3 is 20.3 Å². The van der Waals surface area contributed by atoms with Crippen molar-refractivity contribution in [3.63, 3.8) is 0 Å². The molecule has 0 radical (unpaired) electrons. The number of para-hydroxylation sites is 1. The van der Waals surface area contributed by atoms with E-state index in [1.54, 1.807) is 0 Å². The SMILES string of the molecule is CN=C(NCc1ccccc1N1CCOCC1)NCC1(c2ccccc2)CCC1. The average molecular weight is 393 g/mol. The first kappa shape index (κ1) is 19.8. The molecule has 2 fully saturated rings. The Labute approximate surface area is 174 Å². The van der Waals surface area contributed by atoms with E-state index in [1.165, 1.54) is 36.1 Å². The van der Waals surface area contributed by atoms with Crippen LogP contribution in [0.15, 0.2) is 59.6 Å². The molecule has 0 amide bonds. The van der Waals surface area contributed by atoms with Crippen LogP contribution in [0.5, 0.6) is 0 Å². The normalized spacial score (nSPS) is 18.8. The fraction of sp³-hybridized carbons (Fsp3) is 0.458. The third-order valence-electron chi connectivity index (χ3n) is 6.30. The van der Waals surface area contributed by atoms with E-state index in [1.807, 2.05) is 7.05 Å². The third-order valence-corrected chi connectivity index (χ3v) is 6.30. The molecule has 2 aliphatic rings. The lowest BCUT2D eigenvalue weighted by Crippen LogP contribution is -2.48. The second-order valence-electron chi connectivity index (χ2n) is 8.01. The Kier molecular flexibility index (Phi) is 6.35. The highest BCUT2D eigenvalue weighted by Gasteiger charge is 2.38. The zero-order valence-electron chi connectivity index (χ0n) is 17.4. The highest BCUT2D eigenvalue weighted by atomic mass is 16.5. The maximum atomic E-state index is 5.51. The summed E-state index contributed by atoms with van der Waals surface area (Å²) in [5.74, 6) is 0.865. The van der Waals surface area contributed by atoms with Crippen molar-refractivity contribution in [3.05, 3.63) is 65.7 Å². The molecule has 0 aromatic heterocycles. The van der Waals surface area contributed by atoms with Gasteiger partial charge in [0.25, 0.3) is 0 Å². The fourth-order valence-electron chi connectivity index (χ4n) is 4.39. The van der Waals surface area contributed by atoms with Gasteiger partial charge in [-0.3, -0.25) is 4.99 Å². The van der Waals surface area contributed by atoms with Gasteiger partial charge in [-0.25, -0.2) is 0 Å². The van der Waals surface area contributed by atoms with Crippen LogP contribution in [-0.2, 0) is 16.7 Å². The summed E-state index contributed by atoms with van der Waals surface area (Å²) in [4.78, 5) is 6.87. The molecule has 0 unspecified atom stereocenters. The van der Waals surface area contributed by atoms with Crippen LogP contribution in [-0.4, -0.2) is 45.9 Å². The van der Waals surface area contributed by atoms with Gasteiger partial charge in [-0.1, -0.05) is 55.0 Å². The lowest BCUT2D eigenvalue weighted by atomic mass is 9.64. The Morgan fingerprint density at radius 1 is 1.00 bits per heavy atom. The Morgan fingerprint density at radius 2 is 1.72 bits per heavy atom. The molecule has 0 atom stereocenters. The highest BCUT2D eigenvalue weighted by Crippen LogP contribution is 2.43. The van der Waals surface area contributed by atoms with E-state index in [2.05, 4.69) is 75.1 Å². The largest absolute Gasteiger partial charge is 0.378 e. The van der Waals surface area contributed by atoms with E-state index < -0.39 is 0 Å². The van der Waals surface area contributed by atoms with Gasteiger partial charge in [-0.2, -0.15) is 0 Å². The van der Waals surface area contributed by atoms with Crippen LogP contribution in [0.3, 0.4) is 0 Å². The molecule has 2 aromatic rings. The van der Waals surface area contributed by atoms with Crippen LogP contribution in [0.25, 0.3) is 0 Å². The molecule has 29 heavy (non-hydrogen) atoms. The lowest BCUT2D eigenvalue weighted by molar-refractivity contribution is 0.122. The number of morpholine rings is 1. The Morgan fingerprint density at radius 3 is 2.41 bits per heavy atom. The molecule has 1 aliphatic heterocycles. The number of anilines is 1. The van der Waals surface area contributed by atoms with Gasteiger partial charge in [-0.15, -0.1) is 0 Å². The molecular formula is C24H32N4O. The molecule has 5 heteroatoms. The van der Waals surface area contributed by atoms with Crippen molar-refractivity contribution in [3.8, 4) is 0 Å². The molecule has 154 valence electrons. The summed E-state index contributed by atoms with van der Waals surface area (Å²) >= 11 is 0. The molecule has 0 bridgehead atoms. The molecule has 2 N–H and O–H groups in total. The summed E-state index contributed by atoms with van der Waals surface area (Å²) in [6.45, 7) is 5.17. The summed E-state index contributed by atoms with van der Waals surface area (Å²) in [7, 11) is 1.85. The van der Waals surface area contributed by atoms with Gasteiger partial charge in [0.05, 0.1) is 13.2 Å². The number of ether oxygens (including phenoxy) is 1. The molecule has 5 nitrogen and oxygen atoms in total. The first-order valence-electron chi connectivity index (χ1n) is 10.7. The molecule has 1 saturated heterocycles. The topological polar surface area (TPSA) is 48.9 Å². The predicted octanol–water partition coefficient (Wildman–Crippen LogP) is 3.31. The standard InChI is InChI=1S/C24H32N4O/c1-25-23(27-19-24(12-7-13-24)21-9-3-2-4-10-21)26-18-20-8-5-6-11-22(20)28-14-16-29-17-15-28/h2-6,8-11H,7,12-19H2,1H3,(H2,25,26,27). The quantitative estimate of drug-likeness (QED) is 0.585. The lowest BCUT2D eigenvalue weighted by Gasteiger charge is -2.43. The van der Waals surface area contributed by atoms with Crippen molar-refractivity contribution in [2.24, 2.45) is 4.99 Å². The van der Waals surface area contributed by atoms with Crippen LogP contribution in [0.2, 0.25) is 0 Å². The first-order valence-corrected chi connectivity index (χ1v) is 10.7. The number of rotatable bonds is 6. The number of benzene rings is 2. The predicted molar refractivity (Wildman–Crippen MR) is 120 cm³/mol. The third kappa shape index (κ3) is 4.56. The van der Waals surface area contributed by atoms with Crippen LogP contribution >= 0.6 is 0 Å². The monoisotopic (exact) mass is 392 g/mol. The Bertz CT molecular complexity index is 811. The van der Waals surface area contributed by atoms with Crippen LogP contribution in [0.1, 0.15) is 30.4 Å². The molecule has 0 spiro atoms. The molecular weight excluding hydrogens is 360 g/mol. The van der Waals surface area contributed by atoms with Gasteiger partial charge in [0.1, 0.15) is 0 Å². The summed E-state index contributed by atoms with van der Waals surface area (Å²) < 4.78 is 5.51. The minimum absolute atomic E-state index is 0.241. The Hall–Kier alpha value is -2.53. The van der Waals surface area contributed by atoms with Crippen molar-refractivity contribution in [1.82, 2.24) is 10.6 Å². The summed E-state index contributed by atoms with van der Waals surface area (Å²) in [6, 6.07) is 19.5. The number of hydrogen-bond acceptors (Lipinski definition) is 3. The van der Waals surface area contributed by atoms with Crippen molar-refractivity contribution >= 4 is 11.6 Å². The summed E-state index contributed by atoms with van der Waals surface area (Å²) in [6.07, 6.45) is 3.78.